The molecule has 0 aliphatic rings. The van der Waals surface area contributed by atoms with Gasteiger partial charge in [0.1, 0.15) is 15.9 Å². The number of amides is 1. The van der Waals surface area contributed by atoms with Crippen LogP contribution in [0.1, 0.15) is 28.3 Å². The summed E-state index contributed by atoms with van der Waals surface area (Å²) < 4.78 is 48.5. The lowest BCUT2D eigenvalue weighted by atomic mass is 10.1. The largest absolute Gasteiger partial charge is 0.497 e. The highest BCUT2D eigenvalue weighted by Gasteiger charge is 2.35. The van der Waals surface area contributed by atoms with Crippen LogP contribution in [0.5, 0.6) is 5.75 Å². The summed E-state index contributed by atoms with van der Waals surface area (Å²) in [6, 6.07) is 8.55. The molecule has 0 aliphatic carbocycles. The fourth-order valence-electron chi connectivity index (χ4n) is 3.40. The van der Waals surface area contributed by atoms with Gasteiger partial charge in [-0.15, -0.1) is 0 Å². The Morgan fingerprint density at radius 2 is 1.86 bits per heavy atom. The summed E-state index contributed by atoms with van der Waals surface area (Å²) in [6.07, 6.45) is -4.26. The lowest BCUT2D eigenvalue weighted by molar-refractivity contribution is -0.142. The van der Waals surface area contributed by atoms with E-state index in [2.05, 4.69) is 20.5 Å². The predicted octanol–water partition coefficient (Wildman–Crippen LogP) is 5.06. The number of rotatable bonds is 7. The number of hydrogen-bond donors (Lipinski definition) is 1. The molecule has 0 unspecified atom stereocenters. The van der Waals surface area contributed by atoms with Crippen LogP contribution < -0.4 is 10.1 Å². The zero-order chi connectivity index (χ0) is 25.3. The maximum atomic E-state index is 13.8. The molecule has 4 rings (SSSR count). The number of aryl methyl sites for hydroxylation is 2. The number of ether oxygens (including phenoxy) is 1. The molecule has 1 aromatic carbocycles. The highest BCUT2D eigenvalue weighted by molar-refractivity contribution is 6.41. The van der Waals surface area contributed by atoms with Crippen LogP contribution in [0.2, 0.25) is 10.2 Å². The molecule has 0 radical (unpaired) electrons. The van der Waals surface area contributed by atoms with Gasteiger partial charge in [-0.05, 0) is 43.7 Å². The van der Waals surface area contributed by atoms with Crippen molar-refractivity contribution in [3.05, 3.63) is 63.7 Å². The van der Waals surface area contributed by atoms with E-state index < -0.39 is 17.8 Å². The highest BCUT2D eigenvalue weighted by atomic mass is 35.5. The first-order valence-corrected chi connectivity index (χ1v) is 11.1. The number of carbonyl (C=O) groups is 1. The maximum Gasteiger partial charge on any atom is 0.433 e. The van der Waals surface area contributed by atoms with Crippen molar-refractivity contribution in [3.8, 4) is 17.0 Å². The number of benzene rings is 1. The lowest BCUT2D eigenvalue weighted by Gasteiger charge is -2.11. The normalized spacial score (nSPS) is 11.7. The van der Waals surface area contributed by atoms with E-state index in [-0.39, 0.29) is 23.6 Å². The number of carbonyl (C=O) groups excluding carboxylic acids is 1. The Hall–Kier alpha value is -3.31. The molecule has 35 heavy (non-hydrogen) atoms. The minimum absolute atomic E-state index is 0.0874. The second-order valence-corrected chi connectivity index (χ2v) is 8.31. The van der Waals surface area contributed by atoms with Crippen LogP contribution in [0.4, 0.5) is 13.2 Å². The molecule has 4 aromatic rings. The van der Waals surface area contributed by atoms with E-state index in [0.29, 0.717) is 44.7 Å². The Balaban J connectivity index is 1.54. The number of alkyl halides is 3. The van der Waals surface area contributed by atoms with Crippen molar-refractivity contribution < 1.29 is 22.7 Å². The quantitative estimate of drug-likeness (QED) is 0.340. The van der Waals surface area contributed by atoms with Crippen LogP contribution >= 0.6 is 23.2 Å². The average molecular weight is 527 g/mol. The topological polar surface area (TPSA) is 86.3 Å². The number of halogens is 5. The first-order chi connectivity index (χ1) is 16.6. The van der Waals surface area contributed by atoms with Crippen molar-refractivity contribution in [2.45, 2.75) is 26.1 Å². The number of nitrogens with zero attached hydrogens (tertiary/aromatic N) is 5. The molecule has 8 nitrogen and oxygen atoms in total. The Morgan fingerprint density at radius 1 is 1.14 bits per heavy atom. The van der Waals surface area contributed by atoms with Gasteiger partial charge in [0.25, 0.3) is 5.91 Å². The zero-order valence-electron chi connectivity index (χ0n) is 18.5. The third-order valence-corrected chi connectivity index (χ3v) is 6.10. The molecule has 0 aliphatic heterocycles. The summed E-state index contributed by atoms with van der Waals surface area (Å²) in [7, 11) is 1.49. The fourth-order valence-corrected chi connectivity index (χ4v) is 3.79. The van der Waals surface area contributed by atoms with Crippen molar-refractivity contribution >= 4 is 34.8 Å². The summed E-state index contributed by atoms with van der Waals surface area (Å²) in [6.45, 7) is 2.33. The maximum absolute atomic E-state index is 13.8. The second-order valence-electron chi connectivity index (χ2n) is 7.58. The number of methoxy groups -OCH3 is 1. The molecule has 1 amide bonds. The summed E-state index contributed by atoms with van der Waals surface area (Å²) in [4.78, 5) is 16.8. The van der Waals surface area contributed by atoms with Crippen molar-refractivity contribution in [3.63, 3.8) is 0 Å². The SMILES string of the molecule is COc1ccc(-c2cc(C(F)(F)F)n3nc(C(=O)NCCCn4nc(C)c(Cl)c4Cl)cc3n2)cc1. The van der Waals surface area contributed by atoms with E-state index in [1.54, 1.807) is 31.2 Å². The van der Waals surface area contributed by atoms with Gasteiger partial charge in [-0.1, -0.05) is 23.2 Å². The Kier molecular flexibility index (Phi) is 6.91. The van der Waals surface area contributed by atoms with E-state index in [4.69, 9.17) is 27.9 Å². The van der Waals surface area contributed by atoms with Gasteiger partial charge in [-0.25, -0.2) is 9.50 Å². The van der Waals surface area contributed by atoms with Crippen molar-refractivity contribution in [1.82, 2.24) is 29.7 Å². The number of aromatic nitrogens is 5. The molecule has 0 saturated heterocycles. The molecule has 0 saturated carbocycles. The van der Waals surface area contributed by atoms with Gasteiger partial charge < -0.3 is 10.1 Å². The minimum atomic E-state index is -4.72. The smallest absolute Gasteiger partial charge is 0.433 e. The number of nitrogens with one attached hydrogen (secondary N) is 1. The molecule has 13 heteroatoms. The van der Waals surface area contributed by atoms with Crippen LogP contribution in [0, 0.1) is 6.92 Å². The van der Waals surface area contributed by atoms with E-state index in [9.17, 15) is 18.0 Å². The predicted molar refractivity (Wildman–Crippen MR) is 124 cm³/mol. The minimum Gasteiger partial charge on any atom is -0.497 e. The number of fused-ring (bicyclic) bond motifs is 1. The Labute approximate surface area is 207 Å². The van der Waals surface area contributed by atoms with Crippen LogP contribution in [-0.2, 0) is 12.7 Å². The average Bonchev–Trinajstić information content (AvgIpc) is 3.37. The van der Waals surface area contributed by atoms with Crippen LogP contribution in [0.25, 0.3) is 16.9 Å². The molecule has 1 N–H and O–H groups in total. The van der Waals surface area contributed by atoms with Crippen molar-refractivity contribution in [1.29, 1.82) is 0 Å². The third-order valence-electron chi connectivity index (χ3n) is 5.16. The highest BCUT2D eigenvalue weighted by Crippen LogP contribution is 2.32. The first kappa shape index (κ1) is 24.8. The van der Waals surface area contributed by atoms with Gasteiger partial charge in [0, 0.05) is 24.7 Å². The lowest BCUT2D eigenvalue weighted by Crippen LogP contribution is -2.26. The summed E-state index contributed by atoms with van der Waals surface area (Å²) in [5, 5.41) is 11.3. The second kappa shape index (κ2) is 9.74. The molecule has 184 valence electrons. The van der Waals surface area contributed by atoms with Gasteiger partial charge in [-0.2, -0.15) is 23.4 Å². The summed E-state index contributed by atoms with van der Waals surface area (Å²) in [5.74, 6) is -0.0716. The molecular formula is C22H19Cl2F3N6O2. The Morgan fingerprint density at radius 3 is 2.46 bits per heavy atom. The van der Waals surface area contributed by atoms with E-state index in [0.717, 1.165) is 6.07 Å². The number of hydrogen-bond acceptors (Lipinski definition) is 5. The van der Waals surface area contributed by atoms with Crippen LogP contribution in [-0.4, -0.2) is 43.9 Å². The standard InChI is InChI=1S/C22H19Cl2F3N6O2/c1-12-19(23)20(24)32(30-12)9-3-8-28-21(34)16-11-18-29-15(13-4-6-14(35-2)7-5-13)10-17(22(25,26)27)33(18)31-16/h4-7,10-11H,3,8-9H2,1-2H3,(H,28,34). The Bertz CT molecular complexity index is 1380. The van der Waals surface area contributed by atoms with Crippen molar-refractivity contribution in [2.75, 3.05) is 13.7 Å². The fraction of sp³-hybridized carbons (Fsp3) is 0.273. The summed E-state index contributed by atoms with van der Waals surface area (Å²) in [5.41, 5.74) is -0.210. The molecule has 3 heterocycles. The third kappa shape index (κ3) is 5.20. The zero-order valence-corrected chi connectivity index (χ0v) is 20.0. The van der Waals surface area contributed by atoms with E-state index in [1.165, 1.54) is 17.9 Å². The van der Waals surface area contributed by atoms with Gasteiger partial charge in [0.05, 0.1) is 18.5 Å². The van der Waals surface area contributed by atoms with Crippen LogP contribution in [0.3, 0.4) is 0 Å². The molecule has 0 atom stereocenters. The molecule has 0 spiro atoms. The van der Waals surface area contributed by atoms with E-state index in [1.807, 2.05) is 0 Å². The molecule has 0 bridgehead atoms. The van der Waals surface area contributed by atoms with Gasteiger partial charge in [-0.3, -0.25) is 9.48 Å². The van der Waals surface area contributed by atoms with Gasteiger partial charge in [0.2, 0.25) is 0 Å². The van der Waals surface area contributed by atoms with E-state index >= 15 is 0 Å². The molecule has 0 fully saturated rings. The van der Waals surface area contributed by atoms with Gasteiger partial charge in [0.15, 0.2) is 17.0 Å². The van der Waals surface area contributed by atoms with Crippen molar-refractivity contribution in [2.24, 2.45) is 0 Å². The first-order valence-electron chi connectivity index (χ1n) is 10.4. The summed E-state index contributed by atoms with van der Waals surface area (Å²) >= 11 is 12.1. The molecule has 3 aromatic heterocycles. The van der Waals surface area contributed by atoms with Crippen LogP contribution in [0.15, 0.2) is 36.4 Å². The van der Waals surface area contributed by atoms with Gasteiger partial charge >= 0.3 is 6.18 Å². The monoisotopic (exact) mass is 526 g/mol. The molecular weight excluding hydrogens is 508 g/mol.